The summed E-state index contributed by atoms with van der Waals surface area (Å²) in [5, 5.41) is 20.5. The molecule has 0 atom stereocenters. The summed E-state index contributed by atoms with van der Waals surface area (Å²) in [6, 6.07) is 14.7. The molecule has 0 bridgehead atoms. The number of carbonyl (C=O) groups excluding carboxylic acids is 1. The lowest BCUT2D eigenvalue weighted by Crippen LogP contribution is -2.15. The summed E-state index contributed by atoms with van der Waals surface area (Å²) >= 11 is 0. The lowest BCUT2D eigenvalue weighted by Gasteiger charge is -2.09. The van der Waals surface area contributed by atoms with Crippen LogP contribution in [0.1, 0.15) is 32.3 Å². The SMILES string of the molecule is CCCCc1ccc(N=NC(C(=O)Nc2ccccc2OC)=C(C)O)cc1. The van der Waals surface area contributed by atoms with E-state index in [0.29, 0.717) is 17.1 Å². The van der Waals surface area contributed by atoms with E-state index in [0.717, 1.165) is 19.3 Å². The molecule has 0 aliphatic heterocycles. The fourth-order valence-electron chi connectivity index (χ4n) is 2.43. The number of azo groups is 1. The van der Waals surface area contributed by atoms with E-state index in [-0.39, 0.29) is 11.5 Å². The summed E-state index contributed by atoms with van der Waals surface area (Å²) in [5.41, 5.74) is 2.17. The van der Waals surface area contributed by atoms with Crippen LogP contribution >= 0.6 is 0 Å². The van der Waals surface area contributed by atoms with Gasteiger partial charge in [0, 0.05) is 0 Å². The summed E-state index contributed by atoms with van der Waals surface area (Å²) in [4.78, 5) is 12.5. The molecule has 6 heteroatoms. The van der Waals surface area contributed by atoms with Crippen LogP contribution in [-0.4, -0.2) is 18.1 Å². The van der Waals surface area contributed by atoms with Gasteiger partial charge in [-0.25, -0.2) is 0 Å². The smallest absolute Gasteiger partial charge is 0.279 e. The van der Waals surface area contributed by atoms with Gasteiger partial charge in [-0.05, 0) is 49.6 Å². The van der Waals surface area contributed by atoms with E-state index >= 15 is 0 Å². The zero-order chi connectivity index (χ0) is 19.6. The molecule has 0 aliphatic rings. The van der Waals surface area contributed by atoms with Crippen LogP contribution in [-0.2, 0) is 11.2 Å². The Balaban J connectivity index is 2.12. The Labute approximate surface area is 159 Å². The third-order valence-electron chi connectivity index (χ3n) is 3.93. The van der Waals surface area contributed by atoms with Crippen LogP contribution in [0.25, 0.3) is 0 Å². The van der Waals surface area contributed by atoms with Crippen molar-refractivity contribution in [1.29, 1.82) is 0 Å². The molecule has 0 aliphatic carbocycles. The first-order valence-corrected chi connectivity index (χ1v) is 8.90. The minimum Gasteiger partial charge on any atom is -0.510 e. The van der Waals surface area contributed by atoms with Crippen LogP contribution in [0.15, 0.2) is 70.2 Å². The zero-order valence-corrected chi connectivity index (χ0v) is 15.9. The van der Waals surface area contributed by atoms with Crippen molar-refractivity contribution in [3.63, 3.8) is 0 Å². The Morgan fingerprint density at radius 2 is 1.85 bits per heavy atom. The van der Waals surface area contributed by atoms with E-state index in [1.165, 1.54) is 19.6 Å². The number of para-hydroxylation sites is 2. The minimum absolute atomic E-state index is 0.157. The first-order valence-electron chi connectivity index (χ1n) is 8.90. The third-order valence-corrected chi connectivity index (χ3v) is 3.93. The number of ether oxygens (including phenoxy) is 1. The van der Waals surface area contributed by atoms with E-state index in [1.807, 2.05) is 24.3 Å². The molecule has 0 fully saturated rings. The molecule has 6 nitrogen and oxygen atoms in total. The number of allylic oxidation sites excluding steroid dienone is 1. The third kappa shape index (κ3) is 5.95. The number of nitrogens with zero attached hydrogens (tertiary/aromatic N) is 2. The lowest BCUT2D eigenvalue weighted by atomic mass is 10.1. The van der Waals surface area contributed by atoms with Gasteiger partial charge in [-0.2, -0.15) is 5.11 Å². The summed E-state index contributed by atoms with van der Waals surface area (Å²) in [5.74, 6) is -0.270. The van der Waals surface area contributed by atoms with E-state index in [9.17, 15) is 9.90 Å². The number of aryl methyl sites for hydroxylation is 1. The van der Waals surface area contributed by atoms with Crippen LogP contribution in [0.5, 0.6) is 5.75 Å². The quantitative estimate of drug-likeness (QED) is 0.364. The highest BCUT2D eigenvalue weighted by atomic mass is 16.5. The van der Waals surface area contributed by atoms with Gasteiger partial charge >= 0.3 is 0 Å². The number of benzene rings is 2. The first-order chi connectivity index (χ1) is 13.0. The number of unbranched alkanes of at least 4 members (excludes halogenated alkanes) is 1. The molecule has 0 saturated carbocycles. The summed E-state index contributed by atoms with van der Waals surface area (Å²) in [6.45, 7) is 3.55. The van der Waals surface area contributed by atoms with Crippen molar-refractivity contribution in [1.82, 2.24) is 0 Å². The van der Waals surface area contributed by atoms with Crippen LogP contribution in [0.4, 0.5) is 11.4 Å². The number of carbonyl (C=O) groups is 1. The molecule has 2 aromatic rings. The van der Waals surface area contributed by atoms with Crippen molar-refractivity contribution in [2.24, 2.45) is 10.2 Å². The number of anilines is 1. The van der Waals surface area contributed by atoms with Gasteiger partial charge in [0.1, 0.15) is 11.5 Å². The predicted molar refractivity (Wildman–Crippen MR) is 107 cm³/mol. The number of hydrogen-bond acceptors (Lipinski definition) is 5. The van der Waals surface area contributed by atoms with Gasteiger partial charge in [0.25, 0.3) is 5.91 Å². The van der Waals surface area contributed by atoms with Crippen molar-refractivity contribution in [2.75, 3.05) is 12.4 Å². The van der Waals surface area contributed by atoms with Crippen LogP contribution in [0.3, 0.4) is 0 Å². The number of nitrogens with one attached hydrogen (secondary N) is 1. The summed E-state index contributed by atoms with van der Waals surface area (Å²) < 4.78 is 5.21. The maximum atomic E-state index is 12.5. The number of hydrogen-bond donors (Lipinski definition) is 2. The monoisotopic (exact) mass is 367 g/mol. The van der Waals surface area contributed by atoms with Gasteiger partial charge in [0.05, 0.1) is 18.5 Å². The molecular formula is C21H25N3O3. The van der Waals surface area contributed by atoms with Gasteiger partial charge in [0.2, 0.25) is 0 Å². The van der Waals surface area contributed by atoms with Gasteiger partial charge in [-0.3, -0.25) is 4.79 Å². The average molecular weight is 367 g/mol. The van der Waals surface area contributed by atoms with Crippen LogP contribution in [0.2, 0.25) is 0 Å². The molecule has 0 unspecified atom stereocenters. The molecule has 0 heterocycles. The largest absolute Gasteiger partial charge is 0.510 e. The Morgan fingerprint density at radius 3 is 2.48 bits per heavy atom. The number of aliphatic hydroxyl groups is 1. The van der Waals surface area contributed by atoms with Gasteiger partial charge in [-0.15, -0.1) is 5.11 Å². The molecule has 1 amide bonds. The summed E-state index contributed by atoms with van der Waals surface area (Å²) in [7, 11) is 1.52. The molecule has 0 spiro atoms. The average Bonchev–Trinajstić information content (AvgIpc) is 2.67. The zero-order valence-electron chi connectivity index (χ0n) is 15.9. The highest BCUT2D eigenvalue weighted by Crippen LogP contribution is 2.24. The van der Waals surface area contributed by atoms with Crippen molar-refractivity contribution in [3.05, 3.63) is 65.6 Å². The van der Waals surface area contributed by atoms with Gasteiger partial charge in [-0.1, -0.05) is 37.6 Å². The van der Waals surface area contributed by atoms with E-state index in [2.05, 4.69) is 22.5 Å². The first kappa shape index (κ1) is 20.2. The second-order valence-corrected chi connectivity index (χ2v) is 6.06. The normalized spacial score (nSPS) is 12.0. The van der Waals surface area contributed by atoms with Crippen molar-refractivity contribution < 1.29 is 14.6 Å². The number of aliphatic hydroxyl groups excluding tert-OH is 1. The maximum absolute atomic E-state index is 12.5. The number of methoxy groups -OCH3 is 1. The van der Waals surface area contributed by atoms with Gasteiger partial charge in [0.15, 0.2) is 5.70 Å². The Hall–Kier alpha value is -3.15. The number of amides is 1. The molecule has 0 aromatic heterocycles. The van der Waals surface area contributed by atoms with Crippen LogP contribution in [0, 0.1) is 0 Å². The van der Waals surface area contributed by atoms with Crippen LogP contribution < -0.4 is 10.1 Å². The Bertz CT molecular complexity index is 823. The second-order valence-electron chi connectivity index (χ2n) is 6.06. The lowest BCUT2D eigenvalue weighted by molar-refractivity contribution is -0.113. The molecule has 0 saturated heterocycles. The summed E-state index contributed by atoms with van der Waals surface area (Å²) in [6.07, 6.45) is 3.31. The molecule has 142 valence electrons. The highest BCUT2D eigenvalue weighted by molar-refractivity contribution is 6.04. The van der Waals surface area contributed by atoms with E-state index in [1.54, 1.807) is 24.3 Å². The molecule has 2 aromatic carbocycles. The van der Waals surface area contributed by atoms with Gasteiger partial charge < -0.3 is 15.2 Å². The molecule has 0 radical (unpaired) electrons. The molecule has 2 rings (SSSR count). The Kier molecular flexibility index (Phi) is 7.55. The van der Waals surface area contributed by atoms with E-state index in [4.69, 9.17) is 4.74 Å². The highest BCUT2D eigenvalue weighted by Gasteiger charge is 2.15. The minimum atomic E-state index is -0.567. The second kappa shape index (κ2) is 10.1. The molecule has 2 N–H and O–H groups in total. The molecular weight excluding hydrogens is 342 g/mol. The number of rotatable bonds is 8. The standard InChI is InChI=1S/C21H25N3O3/c1-4-5-8-16-11-13-17(14-12-16)23-24-20(15(2)25)21(26)22-18-9-6-7-10-19(18)27-3/h6-7,9-14,25H,4-5,8H2,1-3H3,(H,22,26). The fraction of sp³-hybridized carbons (Fsp3) is 0.286. The predicted octanol–water partition coefficient (Wildman–Crippen LogP) is 5.55. The fourth-order valence-corrected chi connectivity index (χ4v) is 2.43. The molecule has 27 heavy (non-hydrogen) atoms. The van der Waals surface area contributed by atoms with Crippen molar-refractivity contribution >= 4 is 17.3 Å². The van der Waals surface area contributed by atoms with E-state index < -0.39 is 5.91 Å². The topological polar surface area (TPSA) is 83.3 Å². The van der Waals surface area contributed by atoms with Crippen molar-refractivity contribution in [3.8, 4) is 5.75 Å². The maximum Gasteiger partial charge on any atom is 0.279 e. The Morgan fingerprint density at radius 1 is 1.15 bits per heavy atom. The van der Waals surface area contributed by atoms with Crippen molar-refractivity contribution in [2.45, 2.75) is 33.1 Å².